The molecule has 20 heavy (non-hydrogen) atoms. The van der Waals surface area contributed by atoms with Gasteiger partial charge in [-0.15, -0.1) is 0 Å². The minimum atomic E-state index is -0.213. The molecule has 5 nitrogen and oxygen atoms in total. The van der Waals surface area contributed by atoms with Crippen LogP contribution in [0.4, 0.5) is 5.69 Å². The molecular formula is C15H15NO4. The summed E-state index contributed by atoms with van der Waals surface area (Å²) in [7, 11) is 3.15. The smallest absolute Gasteiger partial charge is 0.222 e. The van der Waals surface area contributed by atoms with Gasteiger partial charge < -0.3 is 19.2 Å². The van der Waals surface area contributed by atoms with Gasteiger partial charge in [0, 0.05) is 18.3 Å². The predicted octanol–water partition coefficient (Wildman–Crippen LogP) is 3.11. The summed E-state index contributed by atoms with van der Waals surface area (Å²) in [5.74, 6) is 1.40. The summed E-state index contributed by atoms with van der Waals surface area (Å²) in [6.07, 6.45) is 4.39. The van der Waals surface area contributed by atoms with Gasteiger partial charge in [0.15, 0.2) is 5.76 Å². The summed E-state index contributed by atoms with van der Waals surface area (Å²) in [6, 6.07) is 8.64. The Kier molecular flexibility index (Phi) is 4.44. The van der Waals surface area contributed by atoms with Crippen molar-refractivity contribution in [1.82, 2.24) is 0 Å². The zero-order valence-electron chi connectivity index (χ0n) is 11.3. The summed E-state index contributed by atoms with van der Waals surface area (Å²) in [6.45, 7) is 0. The van der Waals surface area contributed by atoms with E-state index in [2.05, 4.69) is 5.32 Å². The minimum Gasteiger partial charge on any atom is -0.497 e. The van der Waals surface area contributed by atoms with Crippen LogP contribution >= 0.6 is 0 Å². The van der Waals surface area contributed by atoms with Crippen LogP contribution in [0.1, 0.15) is 10.6 Å². The quantitative estimate of drug-likeness (QED) is 0.647. The van der Waals surface area contributed by atoms with Gasteiger partial charge >= 0.3 is 0 Å². The van der Waals surface area contributed by atoms with Crippen molar-refractivity contribution in [3.63, 3.8) is 0 Å². The lowest BCUT2D eigenvalue weighted by Crippen LogP contribution is -1.96. The second-order valence-corrected chi connectivity index (χ2v) is 3.89. The van der Waals surface area contributed by atoms with Crippen molar-refractivity contribution in [2.45, 2.75) is 0 Å². The number of furan rings is 1. The molecule has 1 aromatic carbocycles. The van der Waals surface area contributed by atoms with Crippen LogP contribution in [0.25, 0.3) is 0 Å². The molecule has 2 rings (SSSR count). The van der Waals surface area contributed by atoms with Crippen LogP contribution in [0.2, 0.25) is 0 Å². The van der Waals surface area contributed by atoms with E-state index in [9.17, 15) is 4.79 Å². The monoisotopic (exact) mass is 273 g/mol. The Bertz CT molecular complexity index is 602. The maximum absolute atomic E-state index is 11.7. The van der Waals surface area contributed by atoms with Crippen LogP contribution in [-0.2, 0) is 0 Å². The third kappa shape index (κ3) is 3.20. The Labute approximate surface area is 116 Å². The van der Waals surface area contributed by atoms with Crippen LogP contribution in [0.5, 0.6) is 11.5 Å². The molecule has 0 amide bonds. The van der Waals surface area contributed by atoms with Crippen LogP contribution in [0.15, 0.2) is 53.3 Å². The molecular weight excluding hydrogens is 258 g/mol. The highest BCUT2D eigenvalue weighted by atomic mass is 16.5. The zero-order valence-corrected chi connectivity index (χ0v) is 11.3. The molecule has 5 heteroatoms. The zero-order chi connectivity index (χ0) is 14.4. The van der Waals surface area contributed by atoms with Gasteiger partial charge in [-0.05, 0) is 24.3 Å². The van der Waals surface area contributed by atoms with Crippen molar-refractivity contribution in [3.8, 4) is 11.5 Å². The summed E-state index contributed by atoms with van der Waals surface area (Å²) >= 11 is 0. The maximum atomic E-state index is 11.7. The molecule has 1 N–H and O–H groups in total. The molecule has 0 bridgehead atoms. The fourth-order valence-corrected chi connectivity index (χ4v) is 1.63. The number of hydrogen-bond acceptors (Lipinski definition) is 5. The molecule has 0 radical (unpaired) electrons. The van der Waals surface area contributed by atoms with E-state index >= 15 is 0 Å². The Balaban J connectivity index is 2.05. The van der Waals surface area contributed by atoms with Gasteiger partial charge in [0.2, 0.25) is 5.78 Å². The number of ketones is 1. The number of benzene rings is 1. The topological polar surface area (TPSA) is 60.7 Å². The fourth-order valence-electron chi connectivity index (χ4n) is 1.63. The number of nitrogens with one attached hydrogen (secondary N) is 1. The number of rotatable bonds is 6. The molecule has 0 spiro atoms. The summed E-state index contributed by atoms with van der Waals surface area (Å²) in [5, 5.41) is 2.98. The van der Waals surface area contributed by atoms with Crippen molar-refractivity contribution in [1.29, 1.82) is 0 Å². The van der Waals surface area contributed by atoms with Crippen LogP contribution in [-0.4, -0.2) is 20.0 Å². The van der Waals surface area contributed by atoms with E-state index < -0.39 is 0 Å². The Morgan fingerprint density at radius 3 is 2.75 bits per heavy atom. The number of carbonyl (C=O) groups excluding carboxylic acids is 1. The molecule has 1 heterocycles. The third-order valence-electron chi connectivity index (χ3n) is 2.65. The largest absolute Gasteiger partial charge is 0.497 e. The average molecular weight is 273 g/mol. The van der Waals surface area contributed by atoms with E-state index in [0.717, 1.165) is 5.69 Å². The SMILES string of the molecule is COc1ccc(N/C=C/C(=O)c2ccco2)c(OC)c1. The van der Waals surface area contributed by atoms with E-state index in [1.54, 1.807) is 44.6 Å². The molecule has 0 aliphatic heterocycles. The van der Waals surface area contributed by atoms with Crippen molar-refractivity contribution < 1.29 is 18.7 Å². The number of ether oxygens (including phenoxy) is 2. The lowest BCUT2D eigenvalue weighted by atomic mass is 10.2. The first-order valence-electron chi connectivity index (χ1n) is 5.97. The van der Waals surface area contributed by atoms with Crippen molar-refractivity contribution >= 4 is 11.5 Å². The lowest BCUT2D eigenvalue weighted by molar-refractivity contribution is 0.102. The molecule has 2 aromatic rings. The second-order valence-electron chi connectivity index (χ2n) is 3.89. The lowest BCUT2D eigenvalue weighted by Gasteiger charge is -2.09. The Morgan fingerprint density at radius 1 is 1.25 bits per heavy atom. The normalized spacial score (nSPS) is 10.5. The van der Waals surface area contributed by atoms with Crippen molar-refractivity contribution in [2.24, 2.45) is 0 Å². The number of carbonyl (C=O) groups is 1. The molecule has 0 aliphatic rings. The van der Waals surface area contributed by atoms with Crippen LogP contribution in [0, 0.1) is 0 Å². The number of hydrogen-bond donors (Lipinski definition) is 1. The average Bonchev–Trinajstić information content (AvgIpc) is 3.01. The Hall–Kier alpha value is -2.69. The molecule has 0 unspecified atom stereocenters. The van der Waals surface area contributed by atoms with Gasteiger partial charge in [-0.2, -0.15) is 0 Å². The third-order valence-corrected chi connectivity index (χ3v) is 2.65. The summed E-state index contributed by atoms with van der Waals surface area (Å²) < 4.78 is 15.4. The molecule has 0 fully saturated rings. The highest BCUT2D eigenvalue weighted by Gasteiger charge is 2.05. The van der Waals surface area contributed by atoms with Crippen molar-refractivity contribution in [3.05, 3.63) is 54.6 Å². The molecule has 0 saturated heterocycles. The molecule has 0 atom stereocenters. The molecule has 0 aliphatic carbocycles. The second kappa shape index (κ2) is 6.47. The highest BCUT2D eigenvalue weighted by molar-refractivity contribution is 6.02. The van der Waals surface area contributed by atoms with E-state index in [0.29, 0.717) is 17.3 Å². The summed E-state index contributed by atoms with van der Waals surface area (Å²) in [4.78, 5) is 11.7. The predicted molar refractivity (Wildman–Crippen MR) is 75.3 cm³/mol. The fraction of sp³-hybridized carbons (Fsp3) is 0.133. The first-order valence-corrected chi connectivity index (χ1v) is 5.97. The van der Waals surface area contributed by atoms with Crippen LogP contribution < -0.4 is 14.8 Å². The summed E-state index contributed by atoms with van der Waals surface area (Å²) in [5.41, 5.74) is 0.733. The molecule has 0 saturated carbocycles. The number of allylic oxidation sites excluding steroid dienone is 1. The number of anilines is 1. The highest BCUT2D eigenvalue weighted by Crippen LogP contribution is 2.28. The number of methoxy groups -OCH3 is 2. The maximum Gasteiger partial charge on any atom is 0.222 e. The first-order chi connectivity index (χ1) is 9.74. The van der Waals surface area contributed by atoms with Gasteiger partial charge in [0.05, 0.1) is 26.2 Å². The van der Waals surface area contributed by atoms with Gasteiger partial charge in [0.25, 0.3) is 0 Å². The molecule has 1 aromatic heterocycles. The van der Waals surface area contributed by atoms with Gasteiger partial charge in [0.1, 0.15) is 11.5 Å². The molecule has 104 valence electrons. The van der Waals surface area contributed by atoms with Crippen LogP contribution in [0.3, 0.4) is 0 Å². The van der Waals surface area contributed by atoms with E-state index in [1.807, 2.05) is 0 Å². The van der Waals surface area contributed by atoms with Crippen molar-refractivity contribution in [2.75, 3.05) is 19.5 Å². The van der Waals surface area contributed by atoms with E-state index in [-0.39, 0.29) is 5.78 Å². The van der Waals surface area contributed by atoms with E-state index in [4.69, 9.17) is 13.9 Å². The standard InChI is InChI=1S/C15H15NO4/c1-18-11-5-6-12(15(10-11)19-2)16-8-7-13(17)14-4-3-9-20-14/h3-10,16H,1-2H3/b8-7+. The van der Waals surface area contributed by atoms with E-state index in [1.165, 1.54) is 18.5 Å². The van der Waals surface area contributed by atoms with Gasteiger partial charge in [-0.25, -0.2) is 0 Å². The first kappa shape index (κ1) is 13.7. The Morgan fingerprint density at radius 2 is 2.10 bits per heavy atom. The van der Waals surface area contributed by atoms with Gasteiger partial charge in [-0.1, -0.05) is 0 Å². The minimum absolute atomic E-state index is 0.213. The van der Waals surface area contributed by atoms with Gasteiger partial charge in [-0.3, -0.25) is 4.79 Å².